The summed E-state index contributed by atoms with van der Waals surface area (Å²) in [6, 6.07) is 22.8. The van der Waals surface area contributed by atoms with Crippen molar-refractivity contribution in [1.82, 2.24) is 29.6 Å². The predicted octanol–water partition coefficient (Wildman–Crippen LogP) is 10.3. The van der Waals surface area contributed by atoms with Gasteiger partial charge in [-0.15, -0.1) is 0 Å². The molecule has 14 nitrogen and oxygen atoms in total. The summed E-state index contributed by atoms with van der Waals surface area (Å²) in [5.74, 6) is 0.630. The van der Waals surface area contributed by atoms with Gasteiger partial charge in [0, 0.05) is 117 Å². The fourth-order valence-corrected chi connectivity index (χ4v) is 8.90. The Bertz CT molecular complexity index is 2800. The number of likely N-dealkylation sites (N-methyl/N-ethyl adjacent to an activating group) is 2. The van der Waals surface area contributed by atoms with Gasteiger partial charge < -0.3 is 38.5 Å². The molecule has 0 unspecified atom stereocenters. The Hall–Kier alpha value is -6.62. The number of hydrogen-bond acceptors (Lipinski definition) is 11. The minimum absolute atomic E-state index is 0.00383. The highest BCUT2D eigenvalue weighted by atomic mass is 35.5. The molecule has 4 aromatic carbocycles. The average Bonchev–Trinajstić information content (AvgIpc) is 3.38. The second kappa shape index (κ2) is 22.9. The Morgan fingerprint density at radius 3 is 1.50 bits per heavy atom. The number of carbonyl (C=O) groups is 2. The zero-order valence-electron chi connectivity index (χ0n) is 38.3. The van der Waals surface area contributed by atoms with E-state index < -0.39 is 0 Å². The van der Waals surface area contributed by atoms with Gasteiger partial charge in [0.25, 0.3) is 11.8 Å². The Morgan fingerprint density at radius 2 is 1.04 bits per heavy atom. The topological polar surface area (TPSA) is 138 Å². The molecule has 0 spiro atoms. The molecule has 2 amide bonds. The molecular weight excluding hydrogens is 974 g/mol. The van der Waals surface area contributed by atoms with Crippen LogP contribution in [0, 0.1) is 17.9 Å². The van der Waals surface area contributed by atoms with E-state index in [2.05, 4.69) is 30.7 Å². The number of carbonyl (C=O) groups excluding carboxylic acids is 2. The molecule has 0 radical (unpaired) electrons. The summed E-state index contributed by atoms with van der Waals surface area (Å²) in [6.45, 7) is 12.6. The molecule has 8 rings (SSSR count). The summed E-state index contributed by atoms with van der Waals surface area (Å²) in [6.07, 6.45) is 6.14. The molecule has 0 atom stereocenters. The molecule has 70 heavy (non-hydrogen) atoms. The minimum atomic E-state index is -0.220. The Balaban J connectivity index is 1.01. The molecular formula is C52H46Cl4N8O6. The van der Waals surface area contributed by atoms with Gasteiger partial charge in [0.15, 0.2) is 0 Å². The molecule has 18 heteroatoms. The maximum atomic E-state index is 13.9. The molecule has 2 aliphatic rings. The van der Waals surface area contributed by atoms with Gasteiger partial charge in [0.2, 0.25) is 5.69 Å². The van der Waals surface area contributed by atoms with Gasteiger partial charge in [-0.2, -0.15) is 5.26 Å². The van der Waals surface area contributed by atoms with Crippen molar-refractivity contribution in [3.8, 4) is 40.2 Å². The average molecular weight is 1020 g/mol. The van der Waals surface area contributed by atoms with E-state index in [4.69, 9.17) is 71.9 Å². The van der Waals surface area contributed by atoms with Gasteiger partial charge in [-0.25, -0.2) is 4.85 Å². The summed E-state index contributed by atoms with van der Waals surface area (Å²) in [4.78, 5) is 47.3. The van der Waals surface area contributed by atoms with E-state index >= 15 is 0 Å². The summed E-state index contributed by atoms with van der Waals surface area (Å²) in [5, 5.41) is 10.6. The van der Waals surface area contributed by atoms with Crippen LogP contribution in [0.25, 0.3) is 16.0 Å². The predicted molar refractivity (Wildman–Crippen MR) is 268 cm³/mol. The first-order valence-corrected chi connectivity index (χ1v) is 23.7. The van der Waals surface area contributed by atoms with Crippen molar-refractivity contribution in [2.45, 2.75) is 26.4 Å². The first-order chi connectivity index (χ1) is 33.9. The SMILES string of the molecule is [C-]#[N+]c1cncc(COc2cc(OCc3cccc(-c4cccc(COc5cc(OCc6cncc(C#N)c6)c(C(=O)N6CCN(C)CC6)cc5Cl)c4Cl)c3Cl)c(Cl)cc2C(=O)N2CCN(C)CC2)c1. The number of nitriles is 1. The van der Waals surface area contributed by atoms with Gasteiger partial charge in [0.1, 0.15) is 55.5 Å². The van der Waals surface area contributed by atoms with Crippen LogP contribution < -0.4 is 18.9 Å². The molecule has 6 aromatic rings. The van der Waals surface area contributed by atoms with E-state index in [9.17, 15) is 14.9 Å². The number of halogens is 4. The van der Waals surface area contributed by atoms with E-state index in [0.29, 0.717) is 80.9 Å². The maximum absolute atomic E-state index is 13.9. The van der Waals surface area contributed by atoms with Crippen LogP contribution in [-0.2, 0) is 26.4 Å². The molecule has 2 aromatic heterocycles. The lowest BCUT2D eigenvalue weighted by atomic mass is 10.0. The highest BCUT2D eigenvalue weighted by molar-refractivity contribution is 6.37. The number of ether oxygens (including phenoxy) is 4. The third-order valence-electron chi connectivity index (χ3n) is 11.9. The van der Waals surface area contributed by atoms with Crippen LogP contribution >= 0.6 is 46.4 Å². The van der Waals surface area contributed by atoms with Crippen LogP contribution in [0.15, 0.2) is 97.6 Å². The molecule has 0 N–H and O–H groups in total. The van der Waals surface area contributed by atoms with Crippen molar-refractivity contribution in [2.24, 2.45) is 0 Å². The molecule has 2 fully saturated rings. The van der Waals surface area contributed by atoms with E-state index in [1.54, 1.807) is 58.6 Å². The second-order valence-corrected chi connectivity index (χ2v) is 18.4. The number of piperazine rings is 2. The van der Waals surface area contributed by atoms with Crippen LogP contribution in [0.3, 0.4) is 0 Å². The fourth-order valence-electron chi connectivity index (χ4n) is 7.90. The van der Waals surface area contributed by atoms with Crippen molar-refractivity contribution in [3.05, 3.63) is 168 Å². The Morgan fingerprint density at radius 1 is 0.600 bits per heavy atom. The summed E-state index contributed by atoms with van der Waals surface area (Å²) >= 11 is 27.9. The van der Waals surface area contributed by atoms with Crippen LogP contribution in [0.2, 0.25) is 20.1 Å². The lowest BCUT2D eigenvalue weighted by Crippen LogP contribution is -2.47. The Kier molecular flexibility index (Phi) is 16.3. The third-order valence-corrected chi connectivity index (χ3v) is 13.4. The monoisotopic (exact) mass is 1020 g/mol. The smallest absolute Gasteiger partial charge is 0.257 e. The van der Waals surface area contributed by atoms with Crippen molar-refractivity contribution >= 4 is 63.9 Å². The lowest BCUT2D eigenvalue weighted by molar-refractivity contribution is 0.0652. The zero-order valence-corrected chi connectivity index (χ0v) is 41.3. The van der Waals surface area contributed by atoms with Gasteiger partial charge in [-0.05, 0) is 43.9 Å². The quantitative estimate of drug-likeness (QED) is 0.0909. The number of pyridine rings is 2. The highest BCUT2D eigenvalue weighted by Crippen LogP contribution is 2.40. The molecule has 0 bridgehead atoms. The normalized spacial score (nSPS) is 14.1. The fraction of sp³-hybridized carbons (Fsp3) is 0.269. The molecule has 2 aliphatic heterocycles. The van der Waals surface area contributed by atoms with E-state index in [1.165, 1.54) is 12.4 Å². The number of amides is 2. The van der Waals surface area contributed by atoms with Crippen molar-refractivity contribution in [3.63, 3.8) is 0 Å². The van der Waals surface area contributed by atoms with Crippen LogP contribution in [-0.4, -0.2) is 108 Å². The van der Waals surface area contributed by atoms with Crippen molar-refractivity contribution in [2.75, 3.05) is 66.5 Å². The molecule has 0 saturated carbocycles. The largest absolute Gasteiger partial charge is 0.488 e. The number of benzene rings is 4. The molecule has 4 heterocycles. The maximum Gasteiger partial charge on any atom is 0.257 e. The van der Waals surface area contributed by atoms with Crippen molar-refractivity contribution in [1.29, 1.82) is 5.26 Å². The van der Waals surface area contributed by atoms with Gasteiger partial charge in [-0.3, -0.25) is 19.6 Å². The third kappa shape index (κ3) is 11.9. The Labute approximate surface area is 426 Å². The molecule has 2 saturated heterocycles. The number of rotatable bonds is 15. The van der Waals surface area contributed by atoms with Crippen LogP contribution in [0.4, 0.5) is 5.69 Å². The summed E-state index contributed by atoms with van der Waals surface area (Å²) in [5.41, 5.74) is 5.18. The number of nitrogens with zero attached hydrogens (tertiary/aromatic N) is 8. The second-order valence-electron chi connectivity index (χ2n) is 16.8. The lowest BCUT2D eigenvalue weighted by Gasteiger charge is -2.32. The van der Waals surface area contributed by atoms with Crippen molar-refractivity contribution < 1.29 is 28.5 Å². The molecule has 358 valence electrons. The van der Waals surface area contributed by atoms with E-state index in [1.807, 2.05) is 50.5 Å². The minimum Gasteiger partial charge on any atom is -0.488 e. The first kappa shape index (κ1) is 49.8. The number of aromatic nitrogens is 2. The van der Waals surface area contributed by atoms with Crippen LogP contribution in [0.5, 0.6) is 23.0 Å². The van der Waals surface area contributed by atoms with Crippen LogP contribution in [0.1, 0.15) is 48.5 Å². The standard InChI is InChI=1S/C52H46Cl4N8O6/c1-58-38-19-35(27-60-28-38)30-68-46-23-48(44(54)21-42(46)52(66)64-16-12-62(3)13-17-64)70-32-37-7-5-9-40(50(37)56)39-8-4-6-36(49(39)55)31-69-47-22-45(67-29-34-18-33(24-57)25-59-26-34)41(20-43(47)53)51(65)63-14-10-61(2)11-15-63/h4-9,18-23,25-28H,10-17,29-32H2,2-3H3. The summed E-state index contributed by atoms with van der Waals surface area (Å²) < 4.78 is 25.1. The van der Waals surface area contributed by atoms with Gasteiger partial charge in [-0.1, -0.05) is 82.8 Å². The number of hydrogen-bond donors (Lipinski definition) is 0. The van der Waals surface area contributed by atoms with E-state index in [0.717, 1.165) is 26.2 Å². The van der Waals surface area contributed by atoms with E-state index in [-0.39, 0.29) is 82.4 Å². The summed E-state index contributed by atoms with van der Waals surface area (Å²) in [7, 11) is 4.03. The van der Waals surface area contributed by atoms with Gasteiger partial charge in [0.05, 0.1) is 43.4 Å². The highest BCUT2D eigenvalue weighted by Gasteiger charge is 2.27. The zero-order chi connectivity index (χ0) is 49.3. The molecule has 0 aliphatic carbocycles. The van der Waals surface area contributed by atoms with Gasteiger partial charge >= 0.3 is 0 Å². The first-order valence-electron chi connectivity index (χ1n) is 22.2.